The van der Waals surface area contributed by atoms with E-state index in [0.717, 1.165) is 11.3 Å². The molecule has 0 aliphatic rings. The fraction of sp³-hybridized carbons (Fsp3) is 0.278. The first-order valence-corrected chi connectivity index (χ1v) is 7.34. The molecule has 2 rings (SSSR count). The van der Waals surface area contributed by atoms with Gasteiger partial charge in [0.1, 0.15) is 17.2 Å². The predicted molar refractivity (Wildman–Crippen MR) is 87.9 cm³/mol. The molecular weight excluding hydrogens is 294 g/mol. The summed E-state index contributed by atoms with van der Waals surface area (Å²) in [6.07, 6.45) is -0.614. The lowest BCUT2D eigenvalue weighted by Gasteiger charge is -2.16. The minimum absolute atomic E-state index is 0.196. The van der Waals surface area contributed by atoms with Crippen molar-refractivity contribution < 1.29 is 19.0 Å². The maximum Gasteiger partial charge on any atom is 0.261 e. The minimum atomic E-state index is -0.614. The van der Waals surface area contributed by atoms with Gasteiger partial charge in [0.15, 0.2) is 6.10 Å². The summed E-state index contributed by atoms with van der Waals surface area (Å²) in [7, 11) is 3.19. The van der Waals surface area contributed by atoms with Crippen molar-refractivity contribution in [2.24, 2.45) is 0 Å². The zero-order chi connectivity index (χ0) is 16.7. The Bertz CT molecular complexity index is 657. The van der Waals surface area contributed by atoms with Gasteiger partial charge in [-0.05, 0) is 25.1 Å². The first kappa shape index (κ1) is 16.7. The number of methoxy groups -OCH3 is 2. The van der Waals surface area contributed by atoms with E-state index in [1.807, 2.05) is 36.4 Å². The second kappa shape index (κ2) is 8.08. The largest absolute Gasteiger partial charge is 0.497 e. The average Bonchev–Trinajstić information content (AvgIpc) is 2.59. The Balaban J connectivity index is 1.92. The van der Waals surface area contributed by atoms with Crippen molar-refractivity contribution in [1.29, 1.82) is 0 Å². The summed E-state index contributed by atoms with van der Waals surface area (Å²) in [5.74, 6) is 1.82. The molecule has 0 aliphatic carbocycles. The Kier molecular flexibility index (Phi) is 5.86. The lowest BCUT2D eigenvalue weighted by molar-refractivity contribution is -0.127. The molecule has 0 aromatic heterocycles. The Morgan fingerprint density at radius 1 is 1.04 bits per heavy atom. The number of hydrogen-bond acceptors (Lipinski definition) is 4. The van der Waals surface area contributed by atoms with E-state index in [-0.39, 0.29) is 5.91 Å². The van der Waals surface area contributed by atoms with Gasteiger partial charge in [-0.15, -0.1) is 0 Å². The summed E-state index contributed by atoms with van der Waals surface area (Å²) in [6, 6.07) is 14.7. The average molecular weight is 315 g/mol. The highest BCUT2D eigenvalue weighted by molar-refractivity contribution is 5.80. The molecule has 2 aromatic carbocycles. The number of amides is 1. The van der Waals surface area contributed by atoms with E-state index < -0.39 is 6.10 Å². The van der Waals surface area contributed by atoms with E-state index in [4.69, 9.17) is 14.2 Å². The normalized spacial score (nSPS) is 11.4. The number of carbonyl (C=O) groups is 1. The van der Waals surface area contributed by atoms with Crippen LogP contribution in [-0.4, -0.2) is 26.2 Å². The van der Waals surface area contributed by atoms with E-state index in [9.17, 15) is 4.79 Å². The van der Waals surface area contributed by atoms with Crippen molar-refractivity contribution in [2.75, 3.05) is 14.2 Å². The third-order valence-corrected chi connectivity index (χ3v) is 3.37. The van der Waals surface area contributed by atoms with E-state index in [2.05, 4.69) is 5.32 Å². The molecule has 0 unspecified atom stereocenters. The van der Waals surface area contributed by atoms with Gasteiger partial charge in [-0.25, -0.2) is 0 Å². The molecule has 2 aromatic rings. The van der Waals surface area contributed by atoms with Crippen molar-refractivity contribution >= 4 is 5.91 Å². The predicted octanol–water partition coefficient (Wildman–Crippen LogP) is 2.79. The fourth-order valence-electron chi connectivity index (χ4n) is 2.11. The van der Waals surface area contributed by atoms with E-state index in [1.165, 1.54) is 0 Å². The van der Waals surface area contributed by atoms with Crippen LogP contribution in [0.1, 0.15) is 12.5 Å². The van der Waals surface area contributed by atoms with Crippen LogP contribution >= 0.6 is 0 Å². The molecule has 122 valence electrons. The number of hydrogen-bond donors (Lipinski definition) is 1. The number of ether oxygens (including phenoxy) is 3. The molecule has 0 heterocycles. The molecular formula is C18H21NO4. The van der Waals surface area contributed by atoms with Gasteiger partial charge in [-0.1, -0.05) is 24.3 Å². The second-order valence-electron chi connectivity index (χ2n) is 4.97. The highest BCUT2D eigenvalue weighted by atomic mass is 16.5. The molecule has 0 saturated carbocycles. The molecule has 1 atom stereocenters. The summed E-state index contributed by atoms with van der Waals surface area (Å²) in [5, 5.41) is 2.85. The monoisotopic (exact) mass is 315 g/mol. The standard InChI is InChI=1S/C18H21NO4/c1-13(23-16-9-6-8-15(11-16)21-2)18(20)19-12-14-7-4-5-10-17(14)22-3/h4-11,13H,12H2,1-3H3,(H,19,20)/t13-/m0/s1. The lowest BCUT2D eigenvalue weighted by atomic mass is 10.2. The molecule has 23 heavy (non-hydrogen) atoms. The molecule has 0 bridgehead atoms. The van der Waals surface area contributed by atoms with Crippen molar-refractivity contribution in [2.45, 2.75) is 19.6 Å². The van der Waals surface area contributed by atoms with Crippen molar-refractivity contribution in [3.63, 3.8) is 0 Å². The smallest absolute Gasteiger partial charge is 0.261 e. The highest BCUT2D eigenvalue weighted by Gasteiger charge is 2.15. The van der Waals surface area contributed by atoms with Crippen LogP contribution in [-0.2, 0) is 11.3 Å². The summed E-state index contributed by atoms with van der Waals surface area (Å²) in [6.45, 7) is 2.09. The topological polar surface area (TPSA) is 56.8 Å². The number of rotatable bonds is 7. The van der Waals surface area contributed by atoms with Crippen LogP contribution in [0.15, 0.2) is 48.5 Å². The molecule has 5 heteroatoms. The number of benzene rings is 2. The molecule has 0 saturated heterocycles. The summed E-state index contributed by atoms with van der Waals surface area (Å²) < 4.78 is 16.0. The Morgan fingerprint density at radius 3 is 2.52 bits per heavy atom. The SMILES string of the molecule is COc1cccc(O[C@@H](C)C(=O)NCc2ccccc2OC)c1. The number of carbonyl (C=O) groups excluding carboxylic acids is 1. The second-order valence-corrected chi connectivity index (χ2v) is 4.97. The van der Waals surface area contributed by atoms with Gasteiger partial charge >= 0.3 is 0 Å². The molecule has 1 N–H and O–H groups in total. The van der Waals surface area contributed by atoms with E-state index in [1.54, 1.807) is 33.3 Å². The van der Waals surface area contributed by atoms with Gasteiger partial charge in [0, 0.05) is 18.2 Å². The van der Waals surface area contributed by atoms with Crippen LogP contribution in [0.25, 0.3) is 0 Å². The minimum Gasteiger partial charge on any atom is -0.497 e. The summed E-state index contributed by atoms with van der Waals surface area (Å²) >= 11 is 0. The van der Waals surface area contributed by atoms with Crippen molar-refractivity contribution in [3.8, 4) is 17.2 Å². The number of para-hydroxylation sites is 1. The molecule has 0 fully saturated rings. The van der Waals surface area contributed by atoms with Crippen LogP contribution in [0.3, 0.4) is 0 Å². The maximum atomic E-state index is 12.2. The van der Waals surface area contributed by atoms with Gasteiger partial charge in [-0.2, -0.15) is 0 Å². The molecule has 5 nitrogen and oxygen atoms in total. The van der Waals surface area contributed by atoms with E-state index in [0.29, 0.717) is 18.0 Å². The number of nitrogens with one attached hydrogen (secondary N) is 1. The quantitative estimate of drug-likeness (QED) is 0.853. The van der Waals surface area contributed by atoms with E-state index >= 15 is 0 Å². The van der Waals surface area contributed by atoms with Crippen molar-refractivity contribution in [1.82, 2.24) is 5.32 Å². The molecule has 1 amide bonds. The van der Waals surface area contributed by atoms with Crippen LogP contribution < -0.4 is 19.5 Å². The summed E-state index contributed by atoms with van der Waals surface area (Å²) in [4.78, 5) is 12.2. The molecule has 0 spiro atoms. The Hall–Kier alpha value is -2.69. The zero-order valence-corrected chi connectivity index (χ0v) is 13.5. The zero-order valence-electron chi connectivity index (χ0n) is 13.5. The summed E-state index contributed by atoms with van der Waals surface area (Å²) in [5.41, 5.74) is 0.914. The maximum absolute atomic E-state index is 12.2. The fourth-order valence-corrected chi connectivity index (χ4v) is 2.11. The van der Waals surface area contributed by atoms with Crippen LogP contribution in [0, 0.1) is 0 Å². The highest BCUT2D eigenvalue weighted by Crippen LogP contribution is 2.20. The van der Waals surface area contributed by atoms with Crippen LogP contribution in [0.5, 0.6) is 17.2 Å². The molecule has 0 radical (unpaired) electrons. The van der Waals surface area contributed by atoms with Gasteiger partial charge in [-0.3, -0.25) is 4.79 Å². The van der Waals surface area contributed by atoms with Gasteiger partial charge in [0.2, 0.25) is 0 Å². The first-order valence-electron chi connectivity index (χ1n) is 7.34. The van der Waals surface area contributed by atoms with Crippen LogP contribution in [0.2, 0.25) is 0 Å². The van der Waals surface area contributed by atoms with Gasteiger partial charge in [0.05, 0.1) is 14.2 Å². The Labute approximate surface area is 136 Å². The van der Waals surface area contributed by atoms with Crippen LogP contribution in [0.4, 0.5) is 0 Å². The first-order chi connectivity index (χ1) is 11.1. The Morgan fingerprint density at radius 2 is 1.78 bits per heavy atom. The lowest BCUT2D eigenvalue weighted by Crippen LogP contribution is -2.35. The molecule has 0 aliphatic heterocycles. The van der Waals surface area contributed by atoms with Gasteiger partial charge < -0.3 is 19.5 Å². The third-order valence-electron chi connectivity index (χ3n) is 3.37. The third kappa shape index (κ3) is 4.64. The van der Waals surface area contributed by atoms with Crippen molar-refractivity contribution in [3.05, 3.63) is 54.1 Å². The van der Waals surface area contributed by atoms with Gasteiger partial charge in [0.25, 0.3) is 5.91 Å².